The first kappa shape index (κ1) is 13.3. The molecule has 1 N–H and O–H groups in total. The number of aromatic nitrogens is 1. The Morgan fingerprint density at radius 2 is 1.76 bits per heavy atom. The maximum Gasteiger partial charge on any atom is 0.337 e. The number of hydrogen-bond donors (Lipinski definition) is 1. The van der Waals surface area contributed by atoms with E-state index in [1.165, 1.54) is 6.07 Å². The Balaban J connectivity index is 2.51. The molecule has 3 rings (SSSR count). The summed E-state index contributed by atoms with van der Waals surface area (Å²) < 4.78 is 5.67. The average molecular weight is 283 g/mol. The fourth-order valence-electron chi connectivity index (χ4n) is 2.34. The maximum atomic E-state index is 12.5. The van der Waals surface area contributed by atoms with Gasteiger partial charge in [0, 0.05) is 0 Å². The number of benzene rings is 1. The third-order valence-electron chi connectivity index (χ3n) is 3.70. The van der Waals surface area contributed by atoms with Gasteiger partial charge < -0.3 is 9.52 Å². The van der Waals surface area contributed by atoms with Crippen LogP contribution in [0.1, 0.15) is 27.2 Å². The molecule has 0 fully saturated rings. The second kappa shape index (κ2) is 4.41. The van der Waals surface area contributed by atoms with Crippen molar-refractivity contribution in [3.05, 3.63) is 50.8 Å². The first-order chi connectivity index (χ1) is 9.88. The normalized spacial score (nSPS) is 11.2. The number of carboxylic acid groups (broad SMARTS) is 1. The van der Waals surface area contributed by atoms with E-state index in [-0.39, 0.29) is 22.1 Å². The topological polar surface area (TPSA) is 80.4 Å². The van der Waals surface area contributed by atoms with Crippen LogP contribution in [-0.2, 0) is 0 Å². The molecule has 2 heterocycles. The number of pyridine rings is 1. The van der Waals surface area contributed by atoms with Gasteiger partial charge in [-0.05, 0) is 50.1 Å². The predicted molar refractivity (Wildman–Crippen MR) is 79.0 cm³/mol. The lowest BCUT2D eigenvalue weighted by molar-refractivity contribution is 0.0696. The molecule has 21 heavy (non-hydrogen) atoms. The number of nitrogens with zero attached hydrogens (tertiary/aromatic N) is 1. The number of aromatic carboxylic acids is 1. The van der Waals surface area contributed by atoms with E-state index in [1.807, 2.05) is 13.8 Å². The Morgan fingerprint density at radius 3 is 2.43 bits per heavy atom. The molecule has 1 aromatic carbocycles. The van der Waals surface area contributed by atoms with Crippen LogP contribution < -0.4 is 5.43 Å². The third kappa shape index (κ3) is 1.98. The fourth-order valence-corrected chi connectivity index (χ4v) is 2.34. The van der Waals surface area contributed by atoms with Crippen molar-refractivity contribution in [2.24, 2.45) is 0 Å². The van der Waals surface area contributed by atoms with Crippen LogP contribution in [0, 0.1) is 20.8 Å². The minimum atomic E-state index is -1.11. The second-order valence-corrected chi connectivity index (χ2v) is 5.14. The summed E-state index contributed by atoms with van der Waals surface area (Å²) in [4.78, 5) is 27.8. The Labute approximate surface area is 119 Å². The molecule has 106 valence electrons. The SMILES string of the molecule is Cc1cc2oc3nc(C)c(C(=O)O)cc3c(=O)c2cc1C. The van der Waals surface area contributed by atoms with Crippen LogP contribution in [0.2, 0.25) is 0 Å². The number of aryl methyl sites for hydroxylation is 3. The zero-order valence-electron chi connectivity index (χ0n) is 11.9. The molecule has 3 aromatic rings. The molecule has 0 unspecified atom stereocenters. The van der Waals surface area contributed by atoms with Gasteiger partial charge in [-0.25, -0.2) is 9.78 Å². The van der Waals surface area contributed by atoms with E-state index < -0.39 is 5.97 Å². The second-order valence-electron chi connectivity index (χ2n) is 5.14. The Kier molecular flexibility index (Phi) is 2.79. The molecule has 0 saturated carbocycles. The monoisotopic (exact) mass is 283 g/mol. The van der Waals surface area contributed by atoms with Crippen molar-refractivity contribution in [2.45, 2.75) is 20.8 Å². The largest absolute Gasteiger partial charge is 0.478 e. The van der Waals surface area contributed by atoms with Crippen LogP contribution in [-0.4, -0.2) is 16.1 Å². The van der Waals surface area contributed by atoms with Crippen molar-refractivity contribution in [1.82, 2.24) is 4.98 Å². The van der Waals surface area contributed by atoms with Gasteiger partial charge in [-0.2, -0.15) is 0 Å². The van der Waals surface area contributed by atoms with Gasteiger partial charge in [-0.3, -0.25) is 4.79 Å². The van der Waals surface area contributed by atoms with Gasteiger partial charge in [-0.1, -0.05) is 0 Å². The fraction of sp³-hybridized carbons (Fsp3) is 0.188. The summed E-state index contributed by atoms with van der Waals surface area (Å²) in [5.74, 6) is -1.11. The molecule has 0 saturated heterocycles. The van der Waals surface area contributed by atoms with Gasteiger partial charge in [-0.15, -0.1) is 0 Å². The lowest BCUT2D eigenvalue weighted by Crippen LogP contribution is -2.08. The van der Waals surface area contributed by atoms with Gasteiger partial charge in [0.25, 0.3) is 0 Å². The third-order valence-corrected chi connectivity index (χ3v) is 3.70. The summed E-state index contributed by atoms with van der Waals surface area (Å²) in [5, 5.41) is 9.76. The summed E-state index contributed by atoms with van der Waals surface area (Å²) in [5.41, 5.74) is 2.70. The highest BCUT2D eigenvalue weighted by atomic mass is 16.4. The summed E-state index contributed by atoms with van der Waals surface area (Å²) in [6, 6.07) is 4.89. The van der Waals surface area contributed by atoms with Crippen LogP contribution in [0.15, 0.2) is 27.4 Å². The molecule has 0 amide bonds. The summed E-state index contributed by atoms with van der Waals surface area (Å²) >= 11 is 0. The summed E-state index contributed by atoms with van der Waals surface area (Å²) in [6.07, 6.45) is 0. The number of carboxylic acids is 1. The minimum absolute atomic E-state index is 0.0120. The van der Waals surface area contributed by atoms with Crippen LogP contribution in [0.5, 0.6) is 0 Å². The van der Waals surface area contributed by atoms with Crippen molar-refractivity contribution in [1.29, 1.82) is 0 Å². The zero-order chi connectivity index (χ0) is 15.3. The molecule has 5 heteroatoms. The van der Waals surface area contributed by atoms with Crippen molar-refractivity contribution >= 4 is 28.0 Å². The average Bonchev–Trinajstić information content (AvgIpc) is 2.40. The molecule has 0 atom stereocenters. The van der Waals surface area contributed by atoms with Crippen LogP contribution in [0.25, 0.3) is 22.1 Å². The van der Waals surface area contributed by atoms with Crippen LogP contribution in [0.4, 0.5) is 0 Å². The first-order valence-corrected chi connectivity index (χ1v) is 6.47. The number of fused-ring (bicyclic) bond motifs is 2. The molecule has 0 aliphatic heterocycles. The zero-order valence-corrected chi connectivity index (χ0v) is 11.9. The molecule has 0 aliphatic rings. The van der Waals surface area contributed by atoms with Gasteiger partial charge in [0.05, 0.1) is 22.0 Å². The molecule has 0 spiro atoms. The van der Waals surface area contributed by atoms with Gasteiger partial charge in [0.1, 0.15) is 5.58 Å². The number of rotatable bonds is 1. The minimum Gasteiger partial charge on any atom is -0.478 e. The van der Waals surface area contributed by atoms with Crippen molar-refractivity contribution in [2.75, 3.05) is 0 Å². The molecule has 5 nitrogen and oxygen atoms in total. The highest BCUT2D eigenvalue weighted by molar-refractivity contribution is 5.95. The van der Waals surface area contributed by atoms with Crippen LogP contribution in [0.3, 0.4) is 0 Å². The van der Waals surface area contributed by atoms with E-state index >= 15 is 0 Å². The van der Waals surface area contributed by atoms with E-state index in [1.54, 1.807) is 19.1 Å². The molecule has 0 radical (unpaired) electrons. The standard InChI is InChI=1S/C16H13NO4/c1-7-4-11-13(5-8(7)2)21-15-12(14(11)18)6-10(16(19)20)9(3)17-15/h4-6H,1-3H3,(H,19,20). The molecule has 2 aromatic heterocycles. The van der Waals surface area contributed by atoms with E-state index in [2.05, 4.69) is 4.98 Å². The van der Waals surface area contributed by atoms with Gasteiger partial charge in [0.15, 0.2) is 0 Å². The van der Waals surface area contributed by atoms with Gasteiger partial charge in [0.2, 0.25) is 11.1 Å². The van der Waals surface area contributed by atoms with Crippen LogP contribution >= 0.6 is 0 Å². The molecule has 0 aliphatic carbocycles. The summed E-state index contributed by atoms with van der Waals surface area (Å²) in [6.45, 7) is 5.42. The Morgan fingerprint density at radius 1 is 1.10 bits per heavy atom. The maximum absolute atomic E-state index is 12.5. The van der Waals surface area contributed by atoms with Crippen molar-refractivity contribution < 1.29 is 14.3 Å². The summed E-state index contributed by atoms with van der Waals surface area (Å²) in [7, 11) is 0. The number of carbonyl (C=O) groups is 1. The highest BCUT2D eigenvalue weighted by Crippen LogP contribution is 2.22. The Bertz CT molecular complexity index is 970. The van der Waals surface area contributed by atoms with E-state index in [4.69, 9.17) is 9.52 Å². The molecular weight excluding hydrogens is 270 g/mol. The number of hydrogen-bond acceptors (Lipinski definition) is 4. The molecular formula is C16H13NO4. The Hall–Kier alpha value is -2.69. The predicted octanol–water partition coefficient (Wildman–Crippen LogP) is 2.96. The van der Waals surface area contributed by atoms with Crippen molar-refractivity contribution in [3.63, 3.8) is 0 Å². The van der Waals surface area contributed by atoms with E-state index in [0.29, 0.717) is 16.7 Å². The van der Waals surface area contributed by atoms with E-state index in [0.717, 1.165) is 11.1 Å². The van der Waals surface area contributed by atoms with E-state index in [9.17, 15) is 9.59 Å². The lowest BCUT2D eigenvalue weighted by Gasteiger charge is -2.06. The smallest absolute Gasteiger partial charge is 0.337 e. The lowest BCUT2D eigenvalue weighted by atomic mass is 10.1. The molecule has 0 bridgehead atoms. The first-order valence-electron chi connectivity index (χ1n) is 6.47. The quantitative estimate of drug-likeness (QED) is 0.694. The van der Waals surface area contributed by atoms with Crippen molar-refractivity contribution in [3.8, 4) is 0 Å². The van der Waals surface area contributed by atoms with Gasteiger partial charge >= 0.3 is 5.97 Å². The highest BCUT2D eigenvalue weighted by Gasteiger charge is 2.15.